The Hall–Kier alpha value is -2.08. The van der Waals surface area contributed by atoms with Crippen LogP contribution in [0.5, 0.6) is 0 Å². The van der Waals surface area contributed by atoms with Gasteiger partial charge in [0.15, 0.2) is 0 Å². The molecule has 6 nitrogen and oxygen atoms in total. The van der Waals surface area contributed by atoms with E-state index >= 15 is 0 Å². The Morgan fingerprint density at radius 2 is 2.05 bits per heavy atom. The van der Waals surface area contributed by atoms with E-state index < -0.39 is 5.97 Å². The van der Waals surface area contributed by atoms with Crippen LogP contribution in [0.3, 0.4) is 0 Å². The first kappa shape index (κ1) is 15.0. The van der Waals surface area contributed by atoms with Crippen molar-refractivity contribution in [3.8, 4) is 0 Å². The van der Waals surface area contributed by atoms with Crippen molar-refractivity contribution in [1.82, 2.24) is 0 Å². The Kier molecular flexibility index (Phi) is 5.32. The summed E-state index contributed by atoms with van der Waals surface area (Å²) < 4.78 is 5.08. The van der Waals surface area contributed by atoms with E-state index in [0.29, 0.717) is 18.8 Å². The highest BCUT2D eigenvalue weighted by Gasteiger charge is 2.17. The first-order valence-electron chi connectivity index (χ1n) is 6.02. The maximum Gasteiger partial charge on any atom is 0.335 e. The lowest BCUT2D eigenvalue weighted by molar-refractivity contribution is -0.122. The number of carboxylic acids is 1. The number of ether oxygens (including phenoxy) is 1. The highest BCUT2D eigenvalue weighted by atomic mass is 16.5. The normalized spacial score (nSPS) is 10.2. The number of rotatable bonds is 6. The van der Waals surface area contributed by atoms with Crippen molar-refractivity contribution >= 4 is 23.3 Å². The summed E-state index contributed by atoms with van der Waals surface area (Å²) in [5, 5.41) is 8.87. The molecular weight excluding hydrogens is 248 g/mol. The molecule has 3 N–H and O–H groups in total. The van der Waals surface area contributed by atoms with E-state index in [2.05, 4.69) is 0 Å². The molecule has 0 saturated heterocycles. The van der Waals surface area contributed by atoms with Crippen LogP contribution in [0, 0.1) is 0 Å². The zero-order valence-corrected chi connectivity index (χ0v) is 11.0. The van der Waals surface area contributed by atoms with Crippen molar-refractivity contribution in [2.75, 3.05) is 30.4 Å². The minimum atomic E-state index is -1.05. The molecule has 0 fully saturated rings. The Labute approximate surface area is 111 Å². The van der Waals surface area contributed by atoms with Gasteiger partial charge in [-0.05, 0) is 32.0 Å². The molecule has 6 heteroatoms. The Morgan fingerprint density at radius 3 is 2.53 bits per heavy atom. The molecule has 0 aliphatic rings. The van der Waals surface area contributed by atoms with Crippen LogP contribution in [0.2, 0.25) is 0 Å². The second-order valence-electron chi connectivity index (χ2n) is 3.85. The Morgan fingerprint density at radius 1 is 1.37 bits per heavy atom. The lowest BCUT2D eigenvalue weighted by Crippen LogP contribution is -2.34. The molecule has 19 heavy (non-hydrogen) atoms. The van der Waals surface area contributed by atoms with Gasteiger partial charge >= 0.3 is 5.97 Å². The van der Waals surface area contributed by atoms with Crippen molar-refractivity contribution < 1.29 is 19.4 Å². The Bertz CT molecular complexity index is 474. The van der Waals surface area contributed by atoms with E-state index in [0.717, 1.165) is 0 Å². The highest BCUT2D eigenvalue weighted by molar-refractivity contribution is 5.98. The predicted molar refractivity (Wildman–Crippen MR) is 72.3 cm³/mol. The van der Waals surface area contributed by atoms with Gasteiger partial charge in [-0.15, -0.1) is 0 Å². The van der Waals surface area contributed by atoms with Gasteiger partial charge in [-0.2, -0.15) is 0 Å². The van der Waals surface area contributed by atoms with Gasteiger partial charge in [0.1, 0.15) is 6.61 Å². The lowest BCUT2D eigenvalue weighted by atomic mass is 10.1. The van der Waals surface area contributed by atoms with E-state index in [4.69, 9.17) is 15.6 Å². The summed E-state index contributed by atoms with van der Waals surface area (Å²) in [5.74, 6) is -1.26. The average Bonchev–Trinajstić information content (AvgIpc) is 2.38. The molecule has 0 atom stereocenters. The summed E-state index contributed by atoms with van der Waals surface area (Å²) in [5.41, 5.74) is 6.65. The fraction of sp³-hybridized carbons (Fsp3) is 0.385. The van der Waals surface area contributed by atoms with Crippen LogP contribution in [-0.2, 0) is 9.53 Å². The SMILES string of the molecule is CCOCC(=O)N(CC)c1ccc(C(=O)O)cc1N. The number of nitrogens with zero attached hydrogens (tertiary/aromatic N) is 1. The number of likely N-dealkylation sites (N-methyl/N-ethyl adjacent to an activating group) is 1. The quantitative estimate of drug-likeness (QED) is 0.758. The van der Waals surface area contributed by atoms with Gasteiger partial charge in [-0.25, -0.2) is 4.79 Å². The summed E-state index contributed by atoms with van der Waals surface area (Å²) >= 11 is 0. The van der Waals surface area contributed by atoms with Crippen LogP contribution in [0.25, 0.3) is 0 Å². The van der Waals surface area contributed by atoms with Crippen LogP contribution in [-0.4, -0.2) is 36.7 Å². The molecular formula is C13H18N2O4. The van der Waals surface area contributed by atoms with Gasteiger partial charge in [-0.3, -0.25) is 4.79 Å². The number of nitrogens with two attached hydrogens (primary N) is 1. The number of benzene rings is 1. The molecule has 0 saturated carbocycles. The summed E-state index contributed by atoms with van der Waals surface area (Å²) in [6.07, 6.45) is 0. The number of hydrogen-bond donors (Lipinski definition) is 2. The van der Waals surface area contributed by atoms with E-state index in [1.165, 1.54) is 23.1 Å². The topological polar surface area (TPSA) is 92.9 Å². The molecule has 1 amide bonds. The number of amides is 1. The van der Waals surface area contributed by atoms with E-state index in [-0.39, 0.29) is 23.8 Å². The van der Waals surface area contributed by atoms with Crippen molar-refractivity contribution in [3.05, 3.63) is 23.8 Å². The zero-order chi connectivity index (χ0) is 14.4. The van der Waals surface area contributed by atoms with Gasteiger partial charge in [0.05, 0.1) is 16.9 Å². The number of nitrogen functional groups attached to an aromatic ring is 1. The number of carbonyl (C=O) groups is 2. The number of carboxylic acid groups (broad SMARTS) is 1. The smallest absolute Gasteiger partial charge is 0.335 e. The van der Waals surface area contributed by atoms with Gasteiger partial charge in [0.25, 0.3) is 5.91 Å². The fourth-order valence-corrected chi connectivity index (χ4v) is 1.68. The van der Waals surface area contributed by atoms with Crippen LogP contribution >= 0.6 is 0 Å². The third kappa shape index (κ3) is 3.69. The molecule has 1 rings (SSSR count). The van der Waals surface area contributed by atoms with E-state index in [1.54, 1.807) is 6.92 Å². The molecule has 0 aliphatic carbocycles. The van der Waals surface area contributed by atoms with Crippen LogP contribution in [0.15, 0.2) is 18.2 Å². The fourth-order valence-electron chi connectivity index (χ4n) is 1.68. The maximum absolute atomic E-state index is 11.9. The minimum absolute atomic E-state index is 0.0234. The first-order valence-corrected chi connectivity index (χ1v) is 6.02. The average molecular weight is 266 g/mol. The van der Waals surface area contributed by atoms with Gasteiger partial charge in [-0.1, -0.05) is 0 Å². The van der Waals surface area contributed by atoms with E-state index in [9.17, 15) is 9.59 Å². The van der Waals surface area contributed by atoms with Crippen molar-refractivity contribution in [1.29, 1.82) is 0 Å². The van der Waals surface area contributed by atoms with Crippen LogP contribution in [0.4, 0.5) is 11.4 Å². The number of aromatic carboxylic acids is 1. The molecule has 0 unspecified atom stereocenters. The number of hydrogen-bond acceptors (Lipinski definition) is 4. The molecule has 0 heterocycles. The molecule has 1 aromatic rings. The standard InChI is InChI=1S/C13H18N2O4/c1-3-15(12(16)8-19-4-2)11-6-5-9(13(17)18)7-10(11)14/h5-7H,3-4,8,14H2,1-2H3,(H,17,18). The second-order valence-corrected chi connectivity index (χ2v) is 3.85. The Balaban J connectivity index is 2.99. The van der Waals surface area contributed by atoms with Crippen LogP contribution in [0.1, 0.15) is 24.2 Å². The lowest BCUT2D eigenvalue weighted by Gasteiger charge is -2.22. The molecule has 104 valence electrons. The molecule has 0 aromatic heterocycles. The van der Waals surface area contributed by atoms with Crippen LogP contribution < -0.4 is 10.6 Å². The second kappa shape index (κ2) is 6.75. The van der Waals surface area contributed by atoms with Gasteiger partial charge in [0.2, 0.25) is 0 Å². The third-order valence-corrected chi connectivity index (χ3v) is 2.61. The largest absolute Gasteiger partial charge is 0.478 e. The van der Waals surface area contributed by atoms with Gasteiger partial charge in [0, 0.05) is 13.2 Å². The summed E-state index contributed by atoms with van der Waals surface area (Å²) in [6, 6.07) is 4.30. The van der Waals surface area contributed by atoms with Crippen molar-refractivity contribution in [2.24, 2.45) is 0 Å². The summed E-state index contributed by atoms with van der Waals surface area (Å²) in [7, 11) is 0. The van der Waals surface area contributed by atoms with E-state index in [1.807, 2.05) is 6.92 Å². The number of carbonyl (C=O) groups excluding carboxylic acids is 1. The number of anilines is 2. The highest BCUT2D eigenvalue weighted by Crippen LogP contribution is 2.24. The predicted octanol–water partition coefficient (Wildman–Crippen LogP) is 1.36. The first-order chi connectivity index (χ1) is 9.01. The molecule has 0 bridgehead atoms. The zero-order valence-electron chi connectivity index (χ0n) is 11.0. The molecule has 0 aliphatic heterocycles. The third-order valence-electron chi connectivity index (χ3n) is 2.61. The van der Waals surface area contributed by atoms with Crippen molar-refractivity contribution in [3.63, 3.8) is 0 Å². The van der Waals surface area contributed by atoms with Crippen molar-refractivity contribution in [2.45, 2.75) is 13.8 Å². The molecule has 0 spiro atoms. The minimum Gasteiger partial charge on any atom is -0.478 e. The molecule has 0 radical (unpaired) electrons. The molecule has 1 aromatic carbocycles. The summed E-state index contributed by atoms with van der Waals surface area (Å²) in [4.78, 5) is 24.2. The van der Waals surface area contributed by atoms with Gasteiger partial charge < -0.3 is 20.5 Å². The maximum atomic E-state index is 11.9. The summed E-state index contributed by atoms with van der Waals surface area (Å²) in [6.45, 7) is 4.48. The monoisotopic (exact) mass is 266 g/mol.